The predicted octanol–water partition coefficient (Wildman–Crippen LogP) is 4.10. The molecule has 2 aromatic carbocycles. The van der Waals surface area contributed by atoms with Crippen molar-refractivity contribution in [1.29, 1.82) is 0 Å². The number of benzene rings is 2. The lowest BCUT2D eigenvalue weighted by molar-refractivity contribution is 0.101. The normalized spacial score (nSPS) is 14.5. The van der Waals surface area contributed by atoms with Crippen LogP contribution in [0.1, 0.15) is 29.8 Å². The summed E-state index contributed by atoms with van der Waals surface area (Å²) in [6.07, 6.45) is 1.72. The number of hydrogen-bond donors (Lipinski definition) is 0. The van der Waals surface area contributed by atoms with E-state index in [1.165, 1.54) is 0 Å². The van der Waals surface area contributed by atoms with Crippen LogP contribution in [0.5, 0.6) is 17.2 Å². The van der Waals surface area contributed by atoms with Crippen molar-refractivity contribution >= 4 is 11.9 Å². The lowest BCUT2D eigenvalue weighted by atomic mass is 10.1. The van der Waals surface area contributed by atoms with Gasteiger partial charge in [0, 0.05) is 11.6 Å². The predicted molar refractivity (Wildman–Crippen MR) is 88.2 cm³/mol. The van der Waals surface area contributed by atoms with Gasteiger partial charge in [-0.25, -0.2) is 0 Å². The summed E-state index contributed by atoms with van der Waals surface area (Å²) in [6.45, 7) is 4.96. The van der Waals surface area contributed by atoms with Crippen LogP contribution in [0.4, 0.5) is 0 Å². The topological polar surface area (TPSA) is 44.8 Å². The minimum atomic E-state index is -0.130. The average Bonchev–Trinajstić information content (AvgIpc) is 2.86. The van der Waals surface area contributed by atoms with E-state index in [-0.39, 0.29) is 5.78 Å². The van der Waals surface area contributed by atoms with Gasteiger partial charge in [-0.2, -0.15) is 0 Å². The Morgan fingerprint density at radius 3 is 2.61 bits per heavy atom. The van der Waals surface area contributed by atoms with E-state index in [0.717, 1.165) is 11.3 Å². The molecule has 0 radical (unpaired) electrons. The first-order chi connectivity index (χ1) is 11.2. The third kappa shape index (κ3) is 3.06. The van der Waals surface area contributed by atoms with Gasteiger partial charge >= 0.3 is 0 Å². The SMILES string of the molecule is CCOc1ccc2c(c1)OC(=Cc1ccccc1OCC)C2=O. The Bertz CT molecular complexity index is 762. The van der Waals surface area contributed by atoms with E-state index >= 15 is 0 Å². The van der Waals surface area contributed by atoms with Crippen LogP contribution in [-0.2, 0) is 0 Å². The van der Waals surface area contributed by atoms with Gasteiger partial charge in [0.25, 0.3) is 0 Å². The number of ketones is 1. The molecule has 0 saturated carbocycles. The van der Waals surface area contributed by atoms with Crippen LogP contribution in [0.3, 0.4) is 0 Å². The highest BCUT2D eigenvalue weighted by Gasteiger charge is 2.28. The smallest absolute Gasteiger partial charge is 0.231 e. The van der Waals surface area contributed by atoms with Gasteiger partial charge in [-0.15, -0.1) is 0 Å². The summed E-state index contributed by atoms with van der Waals surface area (Å²) in [5.74, 6) is 2.11. The Hall–Kier alpha value is -2.75. The zero-order valence-electron chi connectivity index (χ0n) is 13.2. The van der Waals surface area contributed by atoms with Crippen LogP contribution >= 0.6 is 0 Å². The van der Waals surface area contributed by atoms with Gasteiger partial charge in [-0.1, -0.05) is 18.2 Å². The number of allylic oxidation sites excluding steroid dienone is 1. The fourth-order valence-electron chi connectivity index (χ4n) is 2.45. The van der Waals surface area contributed by atoms with Crippen molar-refractivity contribution in [2.24, 2.45) is 0 Å². The molecule has 0 saturated heterocycles. The van der Waals surface area contributed by atoms with Crippen LogP contribution in [0, 0.1) is 0 Å². The van der Waals surface area contributed by atoms with E-state index in [0.29, 0.717) is 36.0 Å². The number of ether oxygens (including phenoxy) is 3. The lowest BCUT2D eigenvalue weighted by Crippen LogP contribution is -1.99. The second kappa shape index (κ2) is 6.57. The molecule has 1 aliphatic heterocycles. The van der Waals surface area contributed by atoms with Crippen molar-refractivity contribution in [2.75, 3.05) is 13.2 Å². The number of rotatable bonds is 5. The number of para-hydroxylation sites is 1. The average molecular weight is 310 g/mol. The van der Waals surface area contributed by atoms with Crippen LogP contribution in [0.15, 0.2) is 48.2 Å². The molecule has 0 atom stereocenters. The van der Waals surface area contributed by atoms with Crippen molar-refractivity contribution in [3.63, 3.8) is 0 Å². The maximum Gasteiger partial charge on any atom is 0.231 e. The molecule has 0 amide bonds. The largest absolute Gasteiger partial charge is 0.494 e. The van der Waals surface area contributed by atoms with Crippen molar-refractivity contribution < 1.29 is 19.0 Å². The molecule has 4 nitrogen and oxygen atoms in total. The highest BCUT2D eigenvalue weighted by atomic mass is 16.5. The number of fused-ring (bicyclic) bond motifs is 1. The van der Waals surface area contributed by atoms with Gasteiger partial charge in [0.05, 0.1) is 18.8 Å². The molecule has 118 valence electrons. The Morgan fingerprint density at radius 1 is 1.04 bits per heavy atom. The molecule has 0 unspecified atom stereocenters. The second-order valence-corrected chi connectivity index (χ2v) is 5.00. The summed E-state index contributed by atoms with van der Waals surface area (Å²) in [4.78, 5) is 12.5. The fraction of sp³-hybridized carbons (Fsp3) is 0.211. The monoisotopic (exact) mass is 310 g/mol. The van der Waals surface area contributed by atoms with Gasteiger partial charge in [0.15, 0.2) is 5.76 Å². The summed E-state index contributed by atoms with van der Waals surface area (Å²) in [5, 5.41) is 0. The van der Waals surface area contributed by atoms with Crippen LogP contribution in [-0.4, -0.2) is 19.0 Å². The maximum absolute atomic E-state index is 12.5. The van der Waals surface area contributed by atoms with Crippen molar-refractivity contribution in [3.8, 4) is 17.2 Å². The minimum absolute atomic E-state index is 0.130. The zero-order valence-corrected chi connectivity index (χ0v) is 13.2. The molecule has 2 aromatic rings. The molecule has 0 bridgehead atoms. The van der Waals surface area contributed by atoms with E-state index in [1.54, 1.807) is 24.3 Å². The van der Waals surface area contributed by atoms with Gasteiger partial charge < -0.3 is 14.2 Å². The molecular weight excluding hydrogens is 292 g/mol. The molecule has 0 N–H and O–H groups in total. The lowest BCUT2D eigenvalue weighted by Gasteiger charge is -2.07. The Balaban J connectivity index is 1.92. The number of carbonyl (C=O) groups excluding carboxylic acids is 1. The van der Waals surface area contributed by atoms with Crippen LogP contribution in [0.2, 0.25) is 0 Å². The number of hydrogen-bond acceptors (Lipinski definition) is 4. The molecule has 1 heterocycles. The van der Waals surface area contributed by atoms with Gasteiger partial charge in [0.2, 0.25) is 5.78 Å². The number of carbonyl (C=O) groups is 1. The maximum atomic E-state index is 12.5. The summed E-state index contributed by atoms with van der Waals surface area (Å²) in [5.41, 5.74) is 1.36. The fourth-order valence-corrected chi connectivity index (χ4v) is 2.45. The standard InChI is InChI=1S/C19H18O4/c1-3-21-14-9-10-15-17(12-14)23-18(19(15)20)11-13-7-5-6-8-16(13)22-4-2/h5-12H,3-4H2,1-2H3. The van der Waals surface area contributed by atoms with Crippen molar-refractivity contribution in [1.82, 2.24) is 0 Å². The van der Waals surface area contributed by atoms with Crippen LogP contribution in [0.25, 0.3) is 6.08 Å². The van der Waals surface area contributed by atoms with Gasteiger partial charge in [-0.3, -0.25) is 4.79 Å². The Morgan fingerprint density at radius 2 is 1.83 bits per heavy atom. The summed E-state index contributed by atoms with van der Waals surface area (Å²) >= 11 is 0. The van der Waals surface area contributed by atoms with E-state index in [9.17, 15) is 4.79 Å². The van der Waals surface area contributed by atoms with Crippen molar-refractivity contribution in [2.45, 2.75) is 13.8 Å². The van der Waals surface area contributed by atoms with E-state index < -0.39 is 0 Å². The molecule has 23 heavy (non-hydrogen) atoms. The molecule has 0 spiro atoms. The van der Waals surface area contributed by atoms with E-state index in [4.69, 9.17) is 14.2 Å². The highest BCUT2D eigenvalue weighted by Crippen LogP contribution is 2.35. The first-order valence-corrected chi connectivity index (χ1v) is 7.65. The quantitative estimate of drug-likeness (QED) is 0.780. The van der Waals surface area contributed by atoms with Crippen LogP contribution < -0.4 is 14.2 Å². The number of Topliss-reactive ketones (excluding diaryl/α,β-unsaturated/α-hetero) is 1. The second-order valence-electron chi connectivity index (χ2n) is 5.00. The molecule has 0 aliphatic carbocycles. The van der Waals surface area contributed by atoms with Gasteiger partial charge in [0.1, 0.15) is 17.2 Å². The molecular formula is C19H18O4. The summed E-state index contributed by atoms with van der Waals surface area (Å²) in [7, 11) is 0. The third-order valence-corrected chi connectivity index (χ3v) is 3.46. The summed E-state index contributed by atoms with van der Waals surface area (Å²) < 4.78 is 16.7. The van der Waals surface area contributed by atoms with E-state index in [1.807, 2.05) is 38.1 Å². The molecule has 4 heteroatoms. The molecule has 0 aromatic heterocycles. The molecule has 1 aliphatic rings. The first kappa shape index (κ1) is 15.2. The van der Waals surface area contributed by atoms with E-state index in [2.05, 4.69) is 0 Å². The van der Waals surface area contributed by atoms with Crippen molar-refractivity contribution in [3.05, 3.63) is 59.4 Å². The zero-order chi connectivity index (χ0) is 16.2. The Labute approximate surface area is 135 Å². The third-order valence-electron chi connectivity index (χ3n) is 3.46. The van der Waals surface area contributed by atoms with Gasteiger partial charge in [-0.05, 0) is 38.1 Å². The first-order valence-electron chi connectivity index (χ1n) is 7.65. The summed E-state index contributed by atoms with van der Waals surface area (Å²) in [6, 6.07) is 12.8. The minimum Gasteiger partial charge on any atom is -0.494 e. The Kier molecular flexibility index (Phi) is 4.33. The highest BCUT2D eigenvalue weighted by molar-refractivity contribution is 6.14. The molecule has 3 rings (SSSR count). The molecule has 0 fully saturated rings.